The van der Waals surface area contributed by atoms with Crippen LogP contribution in [0.2, 0.25) is 0 Å². The molecule has 1 aliphatic carbocycles. The average Bonchev–Trinajstić information content (AvgIpc) is 2.40. The molecule has 0 saturated heterocycles. The van der Waals surface area contributed by atoms with Gasteiger partial charge in [-0.05, 0) is 61.1 Å². The SMILES string of the molecule is CCC(CS)COc1ccc2c(c1)CCCC2. The van der Waals surface area contributed by atoms with E-state index in [2.05, 4.69) is 37.8 Å². The van der Waals surface area contributed by atoms with Gasteiger partial charge in [-0.3, -0.25) is 0 Å². The van der Waals surface area contributed by atoms with E-state index < -0.39 is 0 Å². The van der Waals surface area contributed by atoms with Crippen LogP contribution in [0.4, 0.5) is 0 Å². The van der Waals surface area contributed by atoms with Gasteiger partial charge in [0.15, 0.2) is 0 Å². The van der Waals surface area contributed by atoms with Gasteiger partial charge in [-0.25, -0.2) is 0 Å². The van der Waals surface area contributed by atoms with Crippen LogP contribution in [0.25, 0.3) is 0 Å². The standard InChI is InChI=1S/C15H22OS/c1-2-12(11-17)10-16-15-8-7-13-5-3-4-6-14(13)9-15/h7-9,12,17H,2-6,10-11H2,1H3. The zero-order valence-corrected chi connectivity index (χ0v) is 11.5. The minimum atomic E-state index is 0.564. The van der Waals surface area contributed by atoms with E-state index in [1.807, 2.05) is 0 Å². The molecule has 0 saturated carbocycles. The van der Waals surface area contributed by atoms with Gasteiger partial charge >= 0.3 is 0 Å². The second-order valence-electron chi connectivity index (χ2n) is 4.91. The van der Waals surface area contributed by atoms with Crippen LogP contribution in [0, 0.1) is 5.92 Å². The molecular weight excluding hydrogens is 228 g/mol. The first-order valence-corrected chi connectivity index (χ1v) is 7.32. The summed E-state index contributed by atoms with van der Waals surface area (Å²) in [5.41, 5.74) is 3.01. The van der Waals surface area contributed by atoms with Gasteiger partial charge in [0.1, 0.15) is 5.75 Å². The second kappa shape index (κ2) is 6.34. The van der Waals surface area contributed by atoms with Crippen molar-refractivity contribution in [1.82, 2.24) is 0 Å². The molecule has 0 bridgehead atoms. The van der Waals surface area contributed by atoms with Crippen LogP contribution in [-0.4, -0.2) is 12.4 Å². The summed E-state index contributed by atoms with van der Waals surface area (Å²) in [4.78, 5) is 0. The van der Waals surface area contributed by atoms with Crippen molar-refractivity contribution in [3.8, 4) is 5.75 Å². The fourth-order valence-corrected chi connectivity index (χ4v) is 2.68. The average molecular weight is 250 g/mol. The molecule has 0 fully saturated rings. The van der Waals surface area contributed by atoms with Gasteiger partial charge in [-0.2, -0.15) is 12.6 Å². The van der Waals surface area contributed by atoms with Crippen molar-refractivity contribution in [2.24, 2.45) is 5.92 Å². The molecule has 1 atom stereocenters. The fraction of sp³-hybridized carbons (Fsp3) is 0.600. The quantitative estimate of drug-likeness (QED) is 0.780. The highest BCUT2D eigenvalue weighted by Gasteiger charge is 2.10. The summed E-state index contributed by atoms with van der Waals surface area (Å²) < 4.78 is 5.87. The highest BCUT2D eigenvalue weighted by Crippen LogP contribution is 2.25. The van der Waals surface area contributed by atoms with Crippen LogP contribution < -0.4 is 4.74 Å². The highest BCUT2D eigenvalue weighted by atomic mass is 32.1. The maximum Gasteiger partial charge on any atom is 0.119 e. The number of hydrogen-bond acceptors (Lipinski definition) is 2. The maximum atomic E-state index is 5.87. The number of hydrogen-bond donors (Lipinski definition) is 1. The van der Waals surface area contributed by atoms with Crippen LogP contribution >= 0.6 is 12.6 Å². The Labute approximate surface area is 110 Å². The molecule has 1 unspecified atom stereocenters. The molecule has 17 heavy (non-hydrogen) atoms. The molecule has 0 N–H and O–H groups in total. The van der Waals surface area contributed by atoms with E-state index in [1.54, 1.807) is 0 Å². The normalized spacial score (nSPS) is 16.4. The van der Waals surface area contributed by atoms with Crippen molar-refractivity contribution in [3.63, 3.8) is 0 Å². The van der Waals surface area contributed by atoms with Gasteiger partial charge in [0.2, 0.25) is 0 Å². The molecular formula is C15H22OS. The van der Waals surface area contributed by atoms with Crippen LogP contribution in [0.1, 0.15) is 37.3 Å². The number of rotatable bonds is 5. The van der Waals surface area contributed by atoms with E-state index in [4.69, 9.17) is 4.74 Å². The predicted molar refractivity (Wildman–Crippen MR) is 76.2 cm³/mol. The lowest BCUT2D eigenvalue weighted by Gasteiger charge is -2.18. The van der Waals surface area contributed by atoms with E-state index in [-0.39, 0.29) is 0 Å². The molecule has 1 nitrogen and oxygen atoms in total. The molecule has 0 heterocycles. The van der Waals surface area contributed by atoms with Crippen molar-refractivity contribution in [1.29, 1.82) is 0 Å². The van der Waals surface area contributed by atoms with Crippen LogP contribution in [0.5, 0.6) is 5.75 Å². The third kappa shape index (κ3) is 3.41. The van der Waals surface area contributed by atoms with Crippen molar-refractivity contribution in [3.05, 3.63) is 29.3 Å². The van der Waals surface area contributed by atoms with Crippen LogP contribution in [0.15, 0.2) is 18.2 Å². The Morgan fingerprint density at radius 2 is 2.00 bits per heavy atom. The van der Waals surface area contributed by atoms with E-state index in [9.17, 15) is 0 Å². The smallest absolute Gasteiger partial charge is 0.119 e. The summed E-state index contributed by atoms with van der Waals surface area (Å²) in [5, 5.41) is 0. The zero-order valence-electron chi connectivity index (χ0n) is 10.6. The molecule has 2 heteroatoms. The molecule has 1 aliphatic rings. The summed E-state index contributed by atoms with van der Waals surface area (Å²) in [6, 6.07) is 6.60. The Hall–Kier alpha value is -0.630. The van der Waals surface area contributed by atoms with E-state index >= 15 is 0 Å². The minimum absolute atomic E-state index is 0.564. The Morgan fingerprint density at radius 1 is 1.24 bits per heavy atom. The summed E-state index contributed by atoms with van der Waals surface area (Å²) in [7, 11) is 0. The summed E-state index contributed by atoms with van der Waals surface area (Å²) in [5.74, 6) is 2.50. The lowest BCUT2D eigenvalue weighted by Crippen LogP contribution is -2.13. The zero-order chi connectivity index (χ0) is 12.1. The lowest BCUT2D eigenvalue weighted by molar-refractivity contribution is 0.259. The largest absolute Gasteiger partial charge is 0.493 e. The van der Waals surface area contributed by atoms with Crippen LogP contribution in [-0.2, 0) is 12.8 Å². The fourth-order valence-electron chi connectivity index (χ4n) is 2.31. The second-order valence-corrected chi connectivity index (χ2v) is 5.27. The summed E-state index contributed by atoms with van der Waals surface area (Å²) in [6.07, 6.45) is 6.25. The topological polar surface area (TPSA) is 9.23 Å². The van der Waals surface area contributed by atoms with Gasteiger partial charge < -0.3 is 4.74 Å². The van der Waals surface area contributed by atoms with Crippen molar-refractivity contribution >= 4 is 12.6 Å². The van der Waals surface area contributed by atoms with E-state index in [0.29, 0.717) is 5.92 Å². The number of benzene rings is 1. The van der Waals surface area contributed by atoms with Gasteiger partial charge in [0, 0.05) is 5.92 Å². The third-order valence-corrected chi connectivity index (χ3v) is 4.16. The lowest BCUT2D eigenvalue weighted by atomic mass is 9.92. The number of ether oxygens (including phenoxy) is 1. The highest BCUT2D eigenvalue weighted by molar-refractivity contribution is 7.80. The number of thiol groups is 1. The first-order chi connectivity index (χ1) is 8.33. The van der Waals surface area contributed by atoms with E-state index in [1.165, 1.54) is 36.8 Å². The molecule has 1 aromatic carbocycles. The van der Waals surface area contributed by atoms with Crippen molar-refractivity contribution < 1.29 is 4.74 Å². The molecule has 1 aromatic rings. The Kier molecular flexibility index (Phi) is 4.78. The molecule has 0 radical (unpaired) electrons. The van der Waals surface area contributed by atoms with Gasteiger partial charge in [0.05, 0.1) is 6.61 Å². The Bertz CT molecular complexity index is 358. The Morgan fingerprint density at radius 3 is 2.71 bits per heavy atom. The number of fused-ring (bicyclic) bond motifs is 1. The third-order valence-electron chi connectivity index (χ3n) is 3.64. The van der Waals surface area contributed by atoms with Gasteiger partial charge in [0.25, 0.3) is 0 Å². The van der Waals surface area contributed by atoms with Crippen molar-refractivity contribution in [2.45, 2.75) is 39.0 Å². The molecule has 0 aromatic heterocycles. The molecule has 0 spiro atoms. The monoisotopic (exact) mass is 250 g/mol. The van der Waals surface area contributed by atoms with Crippen molar-refractivity contribution in [2.75, 3.05) is 12.4 Å². The molecule has 2 rings (SSSR count). The molecule has 0 aliphatic heterocycles. The van der Waals surface area contributed by atoms with E-state index in [0.717, 1.165) is 24.5 Å². The van der Waals surface area contributed by atoms with Gasteiger partial charge in [-0.15, -0.1) is 0 Å². The predicted octanol–water partition coefficient (Wildman–Crippen LogP) is 3.90. The first-order valence-electron chi connectivity index (χ1n) is 6.69. The molecule has 94 valence electrons. The molecule has 0 amide bonds. The minimum Gasteiger partial charge on any atom is -0.493 e. The summed E-state index contributed by atoms with van der Waals surface area (Å²) in [6.45, 7) is 2.98. The van der Waals surface area contributed by atoms with Gasteiger partial charge in [-0.1, -0.05) is 13.0 Å². The number of aryl methyl sites for hydroxylation is 2. The summed E-state index contributed by atoms with van der Waals surface area (Å²) >= 11 is 4.34. The first kappa shape index (κ1) is 12.8. The van der Waals surface area contributed by atoms with Crippen LogP contribution in [0.3, 0.4) is 0 Å². The Balaban J connectivity index is 1.97. The maximum absolute atomic E-state index is 5.87.